The second-order valence-electron chi connectivity index (χ2n) is 8.20. The molecule has 0 atom stereocenters. The zero-order valence-electron chi connectivity index (χ0n) is 16.7. The highest BCUT2D eigenvalue weighted by Crippen LogP contribution is 2.38. The zero-order chi connectivity index (χ0) is 19.9. The predicted octanol–water partition coefficient (Wildman–Crippen LogP) is 4.83. The van der Waals surface area contributed by atoms with Gasteiger partial charge < -0.3 is 0 Å². The Hall–Kier alpha value is -2.83. The normalized spacial score (nSPS) is 16.5. The minimum atomic E-state index is 0.616. The Balaban J connectivity index is 1.28. The first-order chi connectivity index (χ1) is 14.8. The Morgan fingerprint density at radius 1 is 1.07 bits per heavy atom. The van der Waals surface area contributed by atoms with Crippen LogP contribution in [0.3, 0.4) is 0 Å². The first-order valence-electron chi connectivity index (χ1n) is 10.6. The third-order valence-corrected chi connectivity index (χ3v) is 6.81. The number of hydrogen-bond acceptors (Lipinski definition) is 5. The highest BCUT2D eigenvalue weighted by atomic mass is 32.1. The molecule has 150 valence electrons. The topological polar surface area (TPSA) is 46.8 Å². The van der Waals surface area contributed by atoms with E-state index in [2.05, 4.69) is 64.1 Å². The van der Waals surface area contributed by atoms with Gasteiger partial charge in [0.1, 0.15) is 11.5 Å². The quantitative estimate of drug-likeness (QED) is 0.470. The molecule has 0 saturated heterocycles. The van der Waals surface area contributed by atoms with Crippen molar-refractivity contribution in [1.29, 1.82) is 0 Å². The first-order valence-corrected chi connectivity index (χ1v) is 11.5. The lowest BCUT2D eigenvalue weighted by atomic mass is 10.1. The minimum Gasteiger partial charge on any atom is -0.294 e. The van der Waals surface area contributed by atoms with E-state index in [1.54, 1.807) is 11.3 Å². The number of aromatic nitrogens is 4. The third-order valence-electron chi connectivity index (χ3n) is 5.93. The first kappa shape index (κ1) is 18.0. The summed E-state index contributed by atoms with van der Waals surface area (Å²) in [5, 5.41) is 7.06. The molecule has 30 heavy (non-hydrogen) atoms. The molecule has 0 bridgehead atoms. The maximum Gasteiger partial charge on any atom is 0.131 e. The van der Waals surface area contributed by atoms with Crippen LogP contribution < -0.4 is 0 Å². The van der Waals surface area contributed by atoms with Crippen LogP contribution in [-0.2, 0) is 19.5 Å². The van der Waals surface area contributed by atoms with Crippen LogP contribution in [0.15, 0.2) is 60.2 Å². The van der Waals surface area contributed by atoms with Crippen LogP contribution in [0.1, 0.15) is 41.4 Å². The van der Waals surface area contributed by atoms with Crippen LogP contribution in [0.2, 0.25) is 0 Å². The summed E-state index contributed by atoms with van der Waals surface area (Å²) in [4.78, 5) is 13.2. The molecular formula is C24H23N5S. The highest BCUT2D eigenvalue weighted by molar-refractivity contribution is 7.13. The van der Waals surface area contributed by atoms with Gasteiger partial charge in [-0.25, -0.2) is 14.6 Å². The average molecular weight is 414 g/mol. The van der Waals surface area contributed by atoms with Gasteiger partial charge in [0, 0.05) is 61.2 Å². The molecule has 0 N–H and O–H groups in total. The summed E-state index contributed by atoms with van der Waals surface area (Å²) in [7, 11) is 0. The van der Waals surface area contributed by atoms with Crippen LogP contribution in [0.5, 0.6) is 0 Å². The van der Waals surface area contributed by atoms with E-state index in [0.29, 0.717) is 5.92 Å². The minimum absolute atomic E-state index is 0.616. The number of para-hydroxylation sites is 1. The van der Waals surface area contributed by atoms with E-state index in [4.69, 9.17) is 10.1 Å². The Bertz CT molecular complexity index is 1160. The molecular weight excluding hydrogens is 390 g/mol. The van der Waals surface area contributed by atoms with E-state index in [-0.39, 0.29) is 0 Å². The van der Waals surface area contributed by atoms with Crippen LogP contribution in [0, 0.1) is 0 Å². The van der Waals surface area contributed by atoms with E-state index in [0.717, 1.165) is 43.3 Å². The fraction of sp³-hybridized carbons (Fsp3) is 0.292. The lowest BCUT2D eigenvalue weighted by molar-refractivity contribution is 0.243. The molecule has 1 fully saturated rings. The van der Waals surface area contributed by atoms with E-state index in [1.807, 2.05) is 10.7 Å². The summed E-state index contributed by atoms with van der Waals surface area (Å²) in [6, 6.07) is 14.6. The third kappa shape index (κ3) is 3.46. The summed E-state index contributed by atoms with van der Waals surface area (Å²) in [6.45, 7) is 2.80. The van der Waals surface area contributed by atoms with Gasteiger partial charge in [0.2, 0.25) is 0 Å². The molecule has 0 radical (unpaired) electrons. The SMILES string of the molecule is c1ccc(-n2cc(CN3CCc4nc(C5CC5)ncc4C3)c(-c3cccs3)n2)cc1. The molecule has 6 rings (SSSR count). The molecule has 3 aromatic heterocycles. The molecule has 6 heteroatoms. The van der Waals surface area contributed by atoms with E-state index < -0.39 is 0 Å². The summed E-state index contributed by atoms with van der Waals surface area (Å²) in [5.74, 6) is 1.68. The van der Waals surface area contributed by atoms with Gasteiger partial charge in [-0.3, -0.25) is 4.90 Å². The lowest BCUT2D eigenvalue weighted by Gasteiger charge is -2.27. The second kappa shape index (κ2) is 7.45. The van der Waals surface area contributed by atoms with Gasteiger partial charge in [-0.05, 0) is 36.4 Å². The Kier molecular flexibility index (Phi) is 4.47. The van der Waals surface area contributed by atoms with Crippen molar-refractivity contribution in [3.8, 4) is 16.3 Å². The van der Waals surface area contributed by atoms with E-state index >= 15 is 0 Å². The van der Waals surface area contributed by atoms with E-state index in [1.165, 1.54) is 34.5 Å². The van der Waals surface area contributed by atoms with Crippen molar-refractivity contribution in [2.24, 2.45) is 0 Å². The number of thiophene rings is 1. The van der Waals surface area contributed by atoms with Crippen LogP contribution in [0.25, 0.3) is 16.3 Å². The van der Waals surface area contributed by atoms with Crippen molar-refractivity contribution < 1.29 is 0 Å². The summed E-state index contributed by atoms with van der Waals surface area (Å²) in [5.41, 5.74) is 5.96. The molecule has 0 spiro atoms. The van der Waals surface area contributed by atoms with Crippen molar-refractivity contribution in [2.45, 2.75) is 38.3 Å². The van der Waals surface area contributed by atoms with Gasteiger partial charge in [-0.1, -0.05) is 24.3 Å². The average Bonchev–Trinajstić information content (AvgIpc) is 3.33. The van der Waals surface area contributed by atoms with Crippen LogP contribution in [-0.4, -0.2) is 31.2 Å². The van der Waals surface area contributed by atoms with Crippen molar-refractivity contribution in [3.05, 3.63) is 82.9 Å². The molecule has 4 aromatic rings. The molecule has 0 amide bonds. The van der Waals surface area contributed by atoms with Crippen molar-refractivity contribution in [2.75, 3.05) is 6.54 Å². The maximum absolute atomic E-state index is 4.95. The molecule has 4 heterocycles. The second-order valence-corrected chi connectivity index (χ2v) is 9.14. The largest absolute Gasteiger partial charge is 0.294 e. The standard InChI is InChI=1S/C24H23N5S/c1-2-5-20(6-3-1)29-16-19(23(27-29)22-7-4-12-30-22)15-28-11-10-21-18(14-28)13-25-24(26-21)17-8-9-17/h1-7,12-13,16-17H,8-11,14-15H2. The Morgan fingerprint density at radius 2 is 1.97 bits per heavy atom. The molecule has 1 aliphatic carbocycles. The monoisotopic (exact) mass is 413 g/mol. The fourth-order valence-corrected chi connectivity index (χ4v) is 4.91. The molecule has 5 nitrogen and oxygen atoms in total. The molecule has 1 saturated carbocycles. The van der Waals surface area contributed by atoms with Gasteiger partial charge in [-0.2, -0.15) is 5.10 Å². The zero-order valence-corrected chi connectivity index (χ0v) is 17.6. The number of rotatable bonds is 5. The summed E-state index contributed by atoms with van der Waals surface area (Å²) in [6.07, 6.45) is 7.75. The number of hydrogen-bond donors (Lipinski definition) is 0. The Morgan fingerprint density at radius 3 is 2.77 bits per heavy atom. The summed E-state index contributed by atoms with van der Waals surface area (Å²) < 4.78 is 2.01. The lowest BCUT2D eigenvalue weighted by Crippen LogP contribution is -2.31. The van der Waals surface area contributed by atoms with Crippen molar-refractivity contribution >= 4 is 11.3 Å². The smallest absolute Gasteiger partial charge is 0.131 e. The van der Waals surface area contributed by atoms with Gasteiger partial charge >= 0.3 is 0 Å². The van der Waals surface area contributed by atoms with Crippen LogP contribution >= 0.6 is 11.3 Å². The Labute approximate surface area is 180 Å². The van der Waals surface area contributed by atoms with Crippen molar-refractivity contribution in [1.82, 2.24) is 24.6 Å². The molecule has 1 aliphatic heterocycles. The van der Waals surface area contributed by atoms with Gasteiger partial charge in [0.25, 0.3) is 0 Å². The van der Waals surface area contributed by atoms with Crippen LogP contribution in [0.4, 0.5) is 0 Å². The number of nitrogens with zero attached hydrogens (tertiary/aromatic N) is 5. The van der Waals surface area contributed by atoms with Crippen molar-refractivity contribution in [3.63, 3.8) is 0 Å². The fourth-order valence-electron chi connectivity index (χ4n) is 4.16. The van der Waals surface area contributed by atoms with E-state index in [9.17, 15) is 0 Å². The number of fused-ring (bicyclic) bond motifs is 1. The maximum atomic E-state index is 4.95. The molecule has 1 aromatic carbocycles. The van der Waals surface area contributed by atoms with Gasteiger partial charge in [-0.15, -0.1) is 11.3 Å². The molecule has 2 aliphatic rings. The highest BCUT2D eigenvalue weighted by Gasteiger charge is 2.28. The van der Waals surface area contributed by atoms with Gasteiger partial charge in [0.15, 0.2) is 0 Å². The summed E-state index contributed by atoms with van der Waals surface area (Å²) >= 11 is 1.75. The molecule has 0 unspecified atom stereocenters. The number of benzene rings is 1. The predicted molar refractivity (Wildman–Crippen MR) is 119 cm³/mol. The van der Waals surface area contributed by atoms with Gasteiger partial charge in [0.05, 0.1) is 10.6 Å².